The van der Waals surface area contributed by atoms with E-state index in [0.717, 1.165) is 43.5 Å². The maximum atomic E-state index is 9.48. The van der Waals surface area contributed by atoms with Crippen molar-refractivity contribution in [1.29, 1.82) is 0 Å². The van der Waals surface area contributed by atoms with Gasteiger partial charge in [0, 0.05) is 12.6 Å². The van der Waals surface area contributed by atoms with Crippen LogP contribution in [-0.4, -0.2) is 24.0 Å². The minimum Gasteiger partial charge on any atom is -0.454 e. The molecule has 0 bridgehead atoms. The van der Waals surface area contributed by atoms with E-state index in [0.29, 0.717) is 16.8 Å². The van der Waals surface area contributed by atoms with E-state index in [4.69, 9.17) is 21.1 Å². The van der Waals surface area contributed by atoms with E-state index in [1.165, 1.54) is 0 Å². The first kappa shape index (κ1) is 13.0. The lowest BCUT2D eigenvalue weighted by atomic mass is 9.93. The number of hydrogen-bond acceptors (Lipinski definition) is 4. The Labute approximate surface area is 117 Å². The van der Waals surface area contributed by atoms with Gasteiger partial charge in [-0.25, -0.2) is 0 Å². The monoisotopic (exact) mass is 283 g/mol. The van der Waals surface area contributed by atoms with Gasteiger partial charge < -0.3 is 19.9 Å². The van der Waals surface area contributed by atoms with Crippen LogP contribution in [-0.2, 0) is 6.54 Å². The molecule has 0 aromatic heterocycles. The highest BCUT2D eigenvalue weighted by Gasteiger charge is 2.20. The number of aliphatic hydroxyl groups excluding tert-OH is 1. The minimum atomic E-state index is -0.113. The molecular weight excluding hydrogens is 266 g/mol. The van der Waals surface area contributed by atoms with Gasteiger partial charge in [-0.3, -0.25) is 0 Å². The van der Waals surface area contributed by atoms with Gasteiger partial charge in [-0.05, 0) is 43.4 Å². The van der Waals surface area contributed by atoms with Crippen molar-refractivity contribution in [3.63, 3.8) is 0 Å². The van der Waals surface area contributed by atoms with E-state index in [9.17, 15) is 5.11 Å². The van der Waals surface area contributed by atoms with Gasteiger partial charge in [0.2, 0.25) is 6.79 Å². The fraction of sp³-hybridized carbons (Fsp3) is 0.571. The normalized spacial score (nSPS) is 25.6. The van der Waals surface area contributed by atoms with E-state index >= 15 is 0 Å². The highest BCUT2D eigenvalue weighted by atomic mass is 35.5. The third kappa shape index (κ3) is 2.96. The van der Waals surface area contributed by atoms with Crippen molar-refractivity contribution in [2.75, 3.05) is 6.79 Å². The quantitative estimate of drug-likeness (QED) is 0.895. The van der Waals surface area contributed by atoms with Crippen LogP contribution in [0.5, 0.6) is 11.5 Å². The molecule has 1 aromatic carbocycles. The summed E-state index contributed by atoms with van der Waals surface area (Å²) in [5.41, 5.74) is 1.10. The van der Waals surface area contributed by atoms with E-state index < -0.39 is 0 Å². The summed E-state index contributed by atoms with van der Waals surface area (Å²) < 4.78 is 10.6. The first-order chi connectivity index (χ1) is 9.22. The molecule has 2 aliphatic rings. The molecule has 1 fully saturated rings. The fourth-order valence-electron chi connectivity index (χ4n) is 2.66. The van der Waals surface area contributed by atoms with Crippen molar-refractivity contribution in [3.05, 3.63) is 22.7 Å². The lowest BCUT2D eigenvalue weighted by Crippen LogP contribution is -2.34. The van der Waals surface area contributed by atoms with E-state index in [1.54, 1.807) is 0 Å². The number of hydrogen-bond donors (Lipinski definition) is 2. The van der Waals surface area contributed by atoms with Crippen LogP contribution in [0.4, 0.5) is 0 Å². The molecule has 1 saturated carbocycles. The molecule has 0 amide bonds. The summed E-state index contributed by atoms with van der Waals surface area (Å²) in [5.74, 6) is 1.37. The second-order valence-electron chi connectivity index (χ2n) is 5.20. The molecule has 0 saturated heterocycles. The van der Waals surface area contributed by atoms with Gasteiger partial charge in [0.1, 0.15) is 0 Å². The third-order valence-electron chi connectivity index (χ3n) is 3.78. The van der Waals surface area contributed by atoms with E-state index in [1.807, 2.05) is 12.1 Å². The number of benzene rings is 1. The maximum absolute atomic E-state index is 9.48. The molecule has 0 radical (unpaired) electrons. The summed E-state index contributed by atoms with van der Waals surface area (Å²) in [7, 11) is 0. The first-order valence-corrected chi connectivity index (χ1v) is 7.09. The Bertz CT molecular complexity index is 458. The minimum absolute atomic E-state index is 0.113. The average molecular weight is 284 g/mol. The van der Waals surface area contributed by atoms with Gasteiger partial charge in [0.05, 0.1) is 11.1 Å². The second-order valence-corrected chi connectivity index (χ2v) is 5.60. The van der Waals surface area contributed by atoms with Crippen LogP contribution in [0, 0.1) is 0 Å². The SMILES string of the molecule is OC1CCC(NCc2cc(Cl)c3c(c2)OCO3)CC1. The smallest absolute Gasteiger partial charge is 0.231 e. The zero-order valence-corrected chi connectivity index (χ0v) is 11.4. The van der Waals surface area contributed by atoms with E-state index in [2.05, 4.69) is 5.32 Å². The van der Waals surface area contributed by atoms with Gasteiger partial charge in [-0.2, -0.15) is 0 Å². The lowest BCUT2D eigenvalue weighted by molar-refractivity contribution is 0.116. The Morgan fingerprint density at radius 3 is 2.79 bits per heavy atom. The van der Waals surface area contributed by atoms with Crippen LogP contribution >= 0.6 is 11.6 Å². The first-order valence-electron chi connectivity index (χ1n) is 6.72. The van der Waals surface area contributed by atoms with Crippen molar-refractivity contribution in [2.45, 2.75) is 44.4 Å². The van der Waals surface area contributed by atoms with Crippen LogP contribution in [0.1, 0.15) is 31.2 Å². The molecule has 5 heteroatoms. The number of ether oxygens (including phenoxy) is 2. The Kier molecular flexibility index (Phi) is 3.82. The molecule has 19 heavy (non-hydrogen) atoms. The number of nitrogens with one attached hydrogen (secondary N) is 1. The van der Waals surface area contributed by atoms with Crippen molar-refractivity contribution >= 4 is 11.6 Å². The molecule has 2 N–H and O–H groups in total. The zero-order valence-electron chi connectivity index (χ0n) is 10.7. The van der Waals surface area contributed by atoms with Crippen molar-refractivity contribution < 1.29 is 14.6 Å². The molecule has 104 valence electrons. The predicted molar refractivity (Wildman–Crippen MR) is 72.7 cm³/mol. The van der Waals surface area contributed by atoms with Gasteiger partial charge in [-0.1, -0.05) is 11.6 Å². The molecule has 1 heterocycles. The Morgan fingerprint density at radius 2 is 2.00 bits per heavy atom. The van der Waals surface area contributed by atoms with Crippen molar-refractivity contribution in [3.8, 4) is 11.5 Å². The van der Waals surface area contributed by atoms with E-state index in [-0.39, 0.29) is 12.9 Å². The molecule has 3 rings (SSSR count). The highest BCUT2D eigenvalue weighted by Crippen LogP contribution is 2.39. The summed E-state index contributed by atoms with van der Waals surface area (Å²) in [6.45, 7) is 1.00. The summed E-state index contributed by atoms with van der Waals surface area (Å²) in [6, 6.07) is 4.37. The van der Waals surface area contributed by atoms with Gasteiger partial charge in [0.25, 0.3) is 0 Å². The topological polar surface area (TPSA) is 50.7 Å². The van der Waals surface area contributed by atoms with Crippen LogP contribution in [0.15, 0.2) is 12.1 Å². The van der Waals surface area contributed by atoms with Crippen LogP contribution in [0.2, 0.25) is 5.02 Å². The largest absolute Gasteiger partial charge is 0.454 e. The number of rotatable bonds is 3. The summed E-state index contributed by atoms with van der Waals surface area (Å²) in [4.78, 5) is 0. The van der Waals surface area contributed by atoms with Crippen molar-refractivity contribution in [2.24, 2.45) is 0 Å². The summed E-state index contributed by atoms with van der Waals surface area (Å²) in [5, 5.41) is 13.6. The third-order valence-corrected chi connectivity index (χ3v) is 4.06. The van der Waals surface area contributed by atoms with Crippen LogP contribution < -0.4 is 14.8 Å². The van der Waals surface area contributed by atoms with Crippen LogP contribution in [0.25, 0.3) is 0 Å². The lowest BCUT2D eigenvalue weighted by Gasteiger charge is -2.26. The van der Waals surface area contributed by atoms with Gasteiger partial charge in [0.15, 0.2) is 11.5 Å². The Morgan fingerprint density at radius 1 is 1.21 bits per heavy atom. The maximum Gasteiger partial charge on any atom is 0.231 e. The van der Waals surface area contributed by atoms with Gasteiger partial charge in [-0.15, -0.1) is 0 Å². The van der Waals surface area contributed by atoms with Gasteiger partial charge >= 0.3 is 0 Å². The number of fused-ring (bicyclic) bond motifs is 1. The summed E-state index contributed by atoms with van der Waals surface area (Å²) >= 11 is 6.15. The number of halogens is 1. The Hall–Kier alpha value is -0.970. The fourth-order valence-corrected chi connectivity index (χ4v) is 2.95. The molecule has 1 aliphatic carbocycles. The molecule has 0 unspecified atom stereocenters. The number of aliphatic hydroxyl groups is 1. The Balaban J connectivity index is 1.60. The zero-order chi connectivity index (χ0) is 13.2. The molecule has 1 aromatic rings. The molecule has 1 aliphatic heterocycles. The molecule has 4 nitrogen and oxygen atoms in total. The average Bonchev–Trinajstić information content (AvgIpc) is 2.87. The molecule has 0 spiro atoms. The predicted octanol–water partition coefficient (Wildman–Crippen LogP) is 2.46. The standard InChI is InChI=1S/C14H18ClNO3/c15-12-5-9(6-13-14(12)19-8-18-13)7-16-10-1-3-11(17)4-2-10/h5-6,10-11,16-17H,1-4,7-8H2. The van der Waals surface area contributed by atoms with Crippen molar-refractivity contribution in [1.82, 2.24) is 5.32 Å². The molecule has 0 atom stereocenters. The molecular formula is C14H18ClNO3. The van der Waals surface area contributed by atoms with Crippen LogP contribution in [0.3, 0.4) is 0 Å². The highest BCUT2D eigenvalue weighted by molar-refractivity contribution is 6.32. The summed E-state index contributed by atoms with van der Waals surface area (Å²) in [6.07, 6.45) is 3.72. The second kappa shape index (κ2) is 5.57.